The summed E-state index contributed by atoms with van der Waals surface area (Å²) >= 11 is 1.43. The molecule has 0 radical (unpaired) electrons. The molecule has 0 bridgehead atoms. The number of rotatable bonds is 9. The molecule has 1 amide bonds. The van der Waals surface area contributed by atoms with Crippen LogP contribution in [0.4, 0.5) is 0 Å². The highest BCUT2D eigenvalue weighted by molar-refractivity contribution is 7.17. The van der Waals surface area contributed by atoms with Crippen molar-refractivity contribution in [3.05, 3.63) is 35.2 Å². The van der Waals surface area contributed by atoms with Gasteiger partial charge in [0.25, 0.3) is 0 Å². The number of ketones is 1. The second-order valence-electron chi connectivity index (χ2n) is 5.72. The molecule has 134 valence electrons. The Kier molecular flexibility index (Phi) is 7.13. The number of carbonyl (C=O) groups is 3. The van der Waals surface area contributed by atoms with Crippen LogP contribution in [0.1, 0.15) is 49.9 Å². The Hall–Kier alpha value is -2.21. The standard InChI is InChI=1S/C19H23NO4S/c1-3-5-6-11-16(21)20-17(19(23)24-4-2)18(22)14-12-25-15-10-8-7-9-13(14)15/h7-10,12,17H,3-6,11H2,1-2H3,(H,20,21). The maximum atomic E-state index is 12.9. The van der Waals surface area contributed by atoms with Crippen LogP contribution in [0.15, 0.2) is 29.6 Å². The minimum absolute atomic E-state index is 0.151. The Morgan fingerprint density at radius 2 is 1.92 bits per heavy atom. The van der Waals surface area contributed by atoms with E-state index in [4.69, 9.17) is 4.74 Å². The number of esters is 1. The summed E-state index contributed by atoms with van der Waals surface area (Å²) in [6, 6.07) is 6.19. The number of hydrogen-bond acceptors (Lipinski definition) is 5. The van der Waals surface area contributed by atoms with Gasteiger partial charge in [-0.25, -0.2) is 4.79 Å². The van der Waals surface area contributed by atoms with E-state index in [0.29, 0.717) is 12.0 Å². The maximum Gasteiger partial charge on any atom is 0.336 e. The number of benzene rings is 1. The van der Waals surface area contributed by atoms with Crippen molar-refractivity contribution in [3.8, 4) is 0 Å². The van der Waals surface area contributed by atoms with E-state index >= 15 is 0 Å². The first-order valence-corrected chi connectivity index (χ1v) is 9.42. The summed E-state index contributed by atoms with van der Waals surface area (Å²) in [7, 11) is 0. The fraction of sp³-hybridized carbons (Fsp3) is 0.421. The average Bonchev–Trinajstić information content (AvgIpc) is 3.03. The molecule has 0 aliphatic carbocycles. The summed E-state index contributed by atoms with van der Waals surface area (Å²) in [5.74, 6) is -1.45. The van der Waals surface area contributed by atoms with Gasteiger partial charge in [0, 0.05) is 27.5 Å². The third-order valence-electron chi connectivity index (χ3n) is 3.84. The molecule has 2 aromatic rings. The molecule has 1 N–H and O–H groups in total. The number of unbranched alkanes of at least 4 members (excludes halogenated alkanes) is 2. The van der Waals surface area contributed by atoms with Crippen LogP contribution < -0.4 is 5.32 Å². The van der Waals surface area contributed by atoms with Gasteiger partial charge >= 0.3 is 5.97 Å². The van der Waals surface area contributed by atoms with Gasteiger partial charge in [0.15, 0.2) is 11.8 Å². The van der Waals surface area contributed by atoms with Crippen molar-refractivity contribution in [2.75, 3.05) is 6.61 Å². The number of thiophene rings is 1. The van der Waals surface area contributed by atoms with Gasteiger partial charge in [0.05, 0.1) is 6.61 Å². The molecule has 5 nitrogen and oxygen atoms in total. The van der Waals surface area contributed by atoms with E-state index in [0.717, 1.165) is 29.3 Å². The Morgan fingerprint density at radius 3 is 2.64 bits per heavy atom. The van der Waals surface area contributed by atoms with E-state index in [1.54, 1.807) is 12.3 Å². The zero-order chi connectivity index (χ0) is 18.2. The molecule has 1 atom stereocenters. The minimum Gasteiger partial charge on any atom is -0.464 e. The molecule has 1 aromatic carbocycles. The zero-order valence-corrected chi connectivity index (χ0v) is 15.4. The number of fused-ring (bicyclic) bond motifs is 1. The van der Waals surface area contributed by atoms with Crippen LogP contribution >= 0.6 is 11.3 Å². The van der Waals surface area contributed by atoms with Crippen LogP contribution in [0.5, 0.6) is 0 Å². The minimum atomic E-state index is -1.30. The van der Waals surface area contributed by atoms with Crippen molar-refractivity contribution in [2.45, 2.75) is 45.6 Å². The van der Waals surface area contributed by atoms with Crippen molar-refractivity contribution in [1.82, 2.24) is 5.32 Å². The summed E-state index contributed by atoms with van der Waals surface area (Å²) < 4.78 is 5.95. The molecule has 1 unspecified atom stereocenters. The first kappa shape index (κ1) is 19.1. The number of nitrogens with one attached hydrogen (secondary N) is 1. The molecule has 6 heteroatoms. The summed E-state index contributed by atoms with van der Waals surface area (Å²) in [4.78, 5) is 37.2. The van der Waals surface area contributed by atoms with Crippen molar-refractivity contribution in [3.63, 3.8) is 0 Å². The van der Waals surface area contributed by atoms with Crippen LogP contribution in [-0.2, 0) is 14.3 Å². The quantitative estimate of drug-likeness (QED) is 0.320. The lowest BCUT2D eigenvalue weighted by molar-refractivity contribution is -0.145. The largest absolute Gasteiger partial charge is 0.464 e. The van der Waals surface area contributed by atoms with Crippen LogP contribution in [0.2, 0.25) is 0 Å². The number of amides is 1. The van der Waals surface area contributed by atoms with E-state index in [1.165, 1.54) is 11.3 Å². The van der Waals surface area contributed by atoms with Gasteiger partial charge in [-0.1, -0.05) is 38.0 Å². The number of carbonyl (C=O) groups excluding carboxylic acids is 3. The summed E-state index contributed by atoms with van der Waals surface area (Å²) in [6.07, 6.45) is 2.95. The van der Waals surface area contributed by atoms with Gasteiger partial charge in [-0.2, -0.15) is 0 Å². The molecular weight excluding hydrogens is 338 g/mol. The fourth-order valence-corrected chi connectivity index (χ4v) is 3.50. The second-order valence-corrected chi connectivity index (χ2v) is 6.63. The molecule has 0 aliphatic heterocycles. The molecule has 0 saturated carbocycles. The van der Waals surface area contributed by atoms with E-state index in [-0.39, 0.29) is 12.5 Å². The van der Waals surface area contributed by atoms with Gasteiger partial charge in [-0.3, -0.25) is 9.59 Å². The summed E-state index contributed by atoms with van der Waals surface area (Å²) in [5, 5.41) is 5.06. The molecule has 2 rings (SSSR count). The highest BCUT2D eigenvalue weighted by Crippen LogP contribution is 2.26. The first-order chi connectivity index (χ1) is 12.1. The third kappa shape index (κ3) is 4.89. The highest BCUT2D eigenvalue weighted by Gasteiger charge is 2.31. The predicted octanol–water partition coefficient (Wildman–Crippen LogP) is 3.71. The Bertz CT molecular complexity index is 753. The summed E-state index contributed by atoms with van der Waals surface area (Å²) in [6.45, 7) is 3.87. The number of ether oxygens (including phenoxy) is 1. The molecule has 0 fully saturated rings. The lowest BCUT2D eigenvalue weighted by atomic mass is 10.0. The molecule has 1 aromatic heterocycles. The van der Waals surface area contributed by atoms with E-state index in [2.05, 4.69) is 5.32 Å². The first-order valence-electron chi connectivity index (χ1n) is 8.54. The Morgan fingerprint density at radius 1 is 1.16 bits per heavy atom. The van der Waals surface area contributed by atoms with Crippen molar-refractivity contribution in [2.24, 2.45) is 0 Å². The van der Waals surface area contributed by atoms with Crippen LogP contribution in [-0.4, -0.2) is 30.3 Å². The van der Waals surface area contributed by atoms with E-state index < -0.39 is 17.8 Å². The topological polar surface area (TPSA) is 72.5 Å². The van der Waals surface area contributed by atoms with Crippen LogP contribution in [0.25, 0.3) is 10.1 Å². The smallest absolute Gasteiger partial charge is 0.336 e. The Labute approximate surface area is 151 Å². The fourth-order valence-electron chi connectivity index (χ4n) is 2.55. The van der Waals surface area contributed by atoms with Crippen LogP contribution in [0.3, 0.4) is 0 Å². The maximum absolute atomic E-state index is 12.9. The monoisotopic (exact) mass is 361 g/mol. The molecule has 0 aliphatic rings. The van der Waals surface area contributed by atoms with Crippen molar-refractivity contribution >= 4 is 39.1 Å². The van der Waals surface area contributed by atoms with Gasteiger partial charge < -0.3 is 10.1 Å². The van der Waals surface area contributed by atoms with Gasteiger partial charge in [0.1, 0.15) is 0 Å². The van der Waals surface area contributed by atoms with Gasteiger partial charge in [-0.05, 0) is 19.4 Å². The SMILES string of the molecule is CCCCCC(=O)NC(C(=O)OCC)C(=O)c1csc2ccccc12. The van der Waals surface area contributed by atoms with Gasteiger partial charge in [-0.15, -0.1) is 11.3 Å². The van der Waals surface area contributed by atoms with Crippen molar-refractivity contribution < 1.29 is 19.1 Å². The highest BCUT2D eigenvalue weighted by atomic mass is 32.1. The Balaban J connectivity index is 2.20. The lowest BCUT2D eigenvalue weighted by Gasteiger charge is -2.16. The zero-order valence-electron chi connectivity index (χ0n) is 14.5. The second kappa shape index (κ2) is 9.32. The lowest BCUT2D eigenvalue weighted by Crippen LogP contribution is -2.47. The molecule has 0 spiro atoms. The summed E-state index contributed by atoms with van der Waals surface area (Å²) in [5.41, 5.74) is 0.438. The normalized spacial score (nSPS) is 11.9. The van der Waals surface area contributed by atoms with Gasteiger partial charge in [0.2, 0.25) is 5.91 Å². The average molecular weight is 361 g/mol. The predicted molar refractivity (Wildman–Crippen MR) is 98.9 cm³/mol. The molecule has 0 saturated heterocycles. The van der Waals surface area contributed by atoms with E-state index in [9.17, 15) is 14.4 Å². The third-order valence-corrected chi connectivity index (χ3v) is 4.81. The number of hydrogen-bond donors (Lipinski definition) is 1. The van der Waals surface area contributed by atoms with E-state index in [1.807, 2.05) is 31.2 Å². The molecule has 25 heavy (non-hydrogen) atoms. The number of Topliss-reactive ketones (excluding diaryl/α,β-unsaturated/α-hetero) is 1. The van der Waals surface area contributed by atoms with Crippen molar-refractivity contribution in [1.29, 1.82) is 0 Å². The molecule has 1 heterocycles. The van der Waals surface area contributed by atoms with Crippen LogP contribution in [0, 0.1) is 0 Å². The molecular formula is C19H23NO4S.